The summed E-state index contributed by atoms with van der Waals surface area (Å²) < 4.78 is 15.2. The number of methoxy groups -OCH3 is 1. The molecule has 1 aliphatic rings. The summed E-state index contributed by atoms with van der Waals surface area (Å²) in [6.07, 6.45) is 1.08. The second kappa shape index (κ2) is 5.78. The van der Waals surface area contributed by atoms with Gasteiger partial charge in [-0.25, -0.2) is 0 Å². The van der Waals surface area contributed by atoms with E-state index in [1.165, 1.54) is 7.11 Å². The van der Waals surface area contributed by atoms with Crippen molar-refractivity contribution in [3.63, 3.8) is 0 Å². The first-order chi connectivity index (χ1) is 8.70. The maximum Gasteiger partial charge on any atom is 0.305 e. The highest BCUT2D eigenvalue weighted by molar-refractivity contribution is 5.92. The van der Waals surface area contributed by atoms with E-state index in [9.17, 15) is 4.79 Å². The van der Waals surface area contributed by atoms with Crippen molar-refractivity contribution in [1.29, 1.82) is 0 Å². The summed E-state index contributed by atoms with van der Waals surface area (Å²) >= 11 is 0. The smallest absolute Gasteiger partial charge is 0.305 e. The van der Waals surface area contributed by atoms with Crippen molar-refractivity contribution in [3.05, 3.63) is 6.20 Å². The zero-order chi connectivity index (χ0) is 13.0. The fourth-order valence-corrected chi connectivity index (χ4v) is 1.51. The minimum atomic E-state index is -0.535. The first-order valence-corrected chi connectivity index (χ1v) is 5.76. The number of carbonyl (C=O) groups is 1. The van der Waals surface area contributed by atoms with Crippen molar-refractivity contribution in [1.82, 2.24) is 5.27 Å². The van der Waals surface area contributed by atoms with E-state index in [0.717, 1.165) is 13.1 Å². The van der Waals surface area contributed by atoms with Gasteiger partial charge in [0.2, 0.25) is 5.27 Å². The van der Waals surface area contributed by atoms with E-state index in [2.05, 4.69) is 10.6 Å². The summed E-state index contributed by atoms with van der Waals surface area (Å²) in [7, 11) is 1.47. The Kier molecular flexibility index (Phi) is 4.11. The molecule has 0 radical (unpaired) electrons. The third-order valence-corrected chi connectivity index (χ3v) is 2.70. The molecule has 8 heteroatoms. The first kappa shape index (κ1) is 12.8. The van der Waals surface area contributed by atoms with Gasteiger partial charge in [0.15, 0.2) is 0 Å². The second-order valence-corrected chi connectivity index (χ2v) is 3.92. The van der Waals surface area contributed by atoms with Gasteiger partial charge in [0.05, 0.1) is 31.1 Å². The van der Waals surface area contributed by atoms with Crippen LogP contribution in [0.1, 0.15) is 6.92 Å². The largest absolute Gasteiger partial charge is 0.377 e. The van der Waals surface area contributed by atoms with Crippen LogP contribution in [0.2, 0.25) is 0 Å². The molecule has 1 fully saturated rings. The highest BCUT2D eigenvalue weighted by Gasteiger charge is 2.24. The number of nitrogens with zero attached hydrogens (tertiary/aromatic N) is 3. The Morgan fingerprint density at radius 2 is 2.33 bits per heavy atom. The monoisotopic (exact) mass is 257 g/mol. The van der Waals surface area contributed by atoms with Crippen LogP contribution in [0, 0.1) is 0 Å². The summed E-state index contributed by atoms with van der Waals surface area (Å²) in [4.78, 5) is 13.1. The van der Waals surface area contributed by atoms with E-state index in [-0.39, 0.29) is 11.8 Å². The lowest BCUT2D eigenvalue weighted by Gasteiger charge is -2.18. The molecule has 1 aromatic rings. The van der Waals surface area contributed by atoms with E-state index >= 15 is 0 Å². The summed E-state index contributed by atoms with van der Waals surface area (Å²) in [5.41, 5.74) is 0. The van der Waals surface area contributed by atoms with Crippen molar-refractivity contribution in [2.45, 2.75) is 13.0 Å². The topological polar surface area (TPSA) is 80.7 Å². The third kappa shape index (κ3) is 2.96. The lowest BCUT2D eigenvalue weighted by atomic mass is 10.4. The Bertz CT molecular complexity index is 402. The van der Waals surface area contributed by atoms with Gasteiger partial charge in [0, 0.05) is 7.11 Å². The molecule has 8 nitrogen and oxygen atoms in total. The Balaban J connectivity index is 1.95. The van der Waals surface area contributed by atoms with Crippen LogP contribution in [0.25, 0.3) is 0 Å². The molecule has 1 aromatic heterocycles. The average molecular weight is 257 g/mol. The Morgan fingerprint density at radius 3 is 3.00 bits per heavy atom. The number of carbonyl (C=O) groups excluding carboxylic acids is 1. The molecule has 0 aliphatic carbocycles. The number of morpholine rings is 1. The maximum absolute atomic E-state index is 11.6. The highest BCUT2D eigenvalue weighted by Crippen LogP contribution is 2.03. The Hall–Kier alpha value is -1.67. The number of hydrogen-bond donors (Lipinski definition) is 1. The molecule has 0 saturated carbocycles. The third-order valence-electron chi connectivity index (χ3n) is 2.70. The van der Waals surface area contributed by atoms with Crippen LogP contribution in [0.15, 0.2) is 10.7 Å². The summed E-state index contributed by atoms with van der Waals surface area (Å²) in [6, 6.07) is 0. The normalized spacial score (nSPS) is 17.6. The molecule has 0 aromatic carbocycles. The highest BCUT2D eigenvalue weighted by atomic mass is 16.5. The van der Waals surface area contributed by atoms with Gasteiger partial charge in [-0.3, -0.25) is 14.6 Å². The number of hydrogen-bond acceptors (Lipinski definition) is 6. The fourth-order valence-electron chi connectivity index (χ4n) is 1.51. The van der Waals surface area contributed by atoms with Gasteiger partial charge in [-0.05, 0) is 6.92 Å². The maximum atomic E-state index is 11.6. The van der Waals surface area contributed by atoms with Gasteiger partial charge in [-0.15, -0.1) is 5.01 Å². The van der Waals surface area contributed by atoms with E-state index < -0.39 is 6.10 Å². The zero-order valence-corrected chi connectivity index (χ0v) is 10.5. The Labute approximate surface area is 104 Å². The van der Waals surface area contributed by atoms with E-state index in [0.29, 0.717) is 13.2 Å². The van der Waals surface area contributed by atoms with Gasteiger partial charge in [-0.2, -0.15) is 0 Å². The zero-order valence-electron chi connectivity index (χ0n) is 10.5. The van der Waals surface area contributed by atoms with Gasteiger partial charge in [-0.1, -0.05) is 0 Å². The molecule has 1 atom stereocenters. The number of ether oxygens (including phenoxy) is 2. The second-order valence-electron chi connectivity index (χ2n) is 3.92. The van der Waals surface area contributed by atoms with Crippen LogP contribution >= 0.6 is 0 Å². The first-order valence-electron chi connectivity index (χ1n) is 5.76. The van der Waals surface area contributed by atoms with Crippen molar-refractivity contribution >= 4 is 11.8 Å². The molecule has 1 saturated heterocycles. The molecule has 2 heterocycles. The molecule has 1 aliphatic heterocycles. The predicted octanol–water partition coefficient (Wildman–Crippen LogP) is -1.10. The molecule has 1 N–H and O–H groups in total. The van der Waals surface area contributed by atoms with Gasteiger partial charge >= 0.3 is 5.88 Å². The van der Waals surface area contributed by atoms with Crippen molar-refractivity contribution in [2.75, 3.05) is 43.7 Å². The average Bonchev–Trinajstić information content (AvgIpc) is 2.87. The Morgan fingerprint density at radius 1 is 1.61 bits per heavy atom. The van der Waals surface area contributed by atoms with Crippen LogP contribution in [0.5, 0.6) is 0 Å². The van der Waals surface area contributed by atoms with E-state index in [4.69, 9.17) is 14.0 Å². The van der Waals surface area contributed by atoms with E-state index in [1.807, 2.05) is 5.01 Å². The quantitative estimate of drug-likeness (QED) is 0.690. The number of anilines is 1. The number of rotatable bonds is 4. The number of aromatic nitrogens is 2. The molecule has 100 valence electrons. The standard InChI is InChI=1S/C10H16N4O4/c1-8(16-2)10(15)11-9-7-14(12-18-9)13-3-5-17-6-4-13/h7-8H,3-6H2,1-2H3/p+1. The molecular formula is C10H17N4O4+. The van der Waals surface area contributed by atoms with Crippen LogP contribution in [0.3, 0.4) is 0 Å². The van der Waals surface area contributed by atoms with Gasteiger partial charge in [0.25, 0.3) is 12.1 Å². The van der Waals surface area contributed by atoms with Crippen molar-refractivity contribution < 1.29 is 23.6 Å². The molecule has 1 amide bonds. The van der Waals surface area contributed by atoms with Crippen molar-refractivity contribution in [3.8, 4) is 0 Å². The molecule has 0 bridgehead atoms. The molecule has 0 spiro atoms. The van der Waals surface area contributed by atoms with Crippen molar-refractivity contribution in [2.24, 2.45) is 0 Å². The summed E-state index contributed by atoms with van der Waals surface area (Å²) in [5, 5.41) is 8.38. The lowest BCUT2D eigenvalue weighted by molar-refractivity contribution is -0.759. The van der Waals surface area contributed by atoms with Gasteiger partial charge in [0.1, 0.15) is 6.10 Å². The fraction of sp³-hybridized carbons (Fsp3) is 0.700. The SMILES string of the molecule is COC(C)C(=O)Nc1c[n+](N2CCOCC2)no1. The van der Waals surface area contributed by atoms with Gasteiger partial charge < -0.3 is 9.47 Å². The van der Waals surface area contributed by atoms with E-state index in [1.54, 1.807) is 17.9 Å². The lowest BCUT2D eigenvalue weighted by Crippen LogP contribution is -2.62. The van der Waals surface area contributed by atoms with Crippen LogP contribution in [0.4, 0.5) is 5.88 Å². The summed E-state index contributed by atoms with van der Waals surface area (Å²) in [5.74, 6) is 0.0122. The molecular weight excluding hydrogens is 240 g/mol. The van der Waals surface area contributed by atoms with Crippen LogP contribution < -0.4 is 15.1 Å². The minimum absolute atomic E-state index is 0.275. The predicted molar refractivity (Wildman–Crippen MR) is 60.6 cm³/mol. The molecule has 18 heavy (non-hydrogen) atoms. The van der Waals surface area contributed by atoms with Crippen LogP contribution in [-0.2, 0) is 14.3 Å². The number of nitrogens with one attached hydrogen (secondary N) is 1. The molecule has 1 unspecified atom stereocenters. The number of amides is 1. The van der Waals surface area contributed by atoms with Crippen LogP contribution in [-0.4, -0.2) is 50.7 Å². The minimum Gasteiger partial charge on any atom is -0.377 e. The molecule has 2 rings (SSSR count). The summed E-state index contributed by atoms with van der Waals surface area (Å²) in [6.45, 7) is 4.43.